The average molecular weight is 276 g/mol. The highest BCUT2D eigenvalue weighted by Crippen LogP contribution is 2.22. The summed E-state index contributed by atoms with van der Waals surface area (Å²) >= 11 is 0. The van der Waals surface area contributed by atoms with Crippen molar-refractivity contribution >= 4 is 15.8 Å². The van der Waals surface area contributed by atoms with Crippen molar-refractivity contribution in [2.24, 2.45) is 11.7 Å². The molecule has 6 heteroatoms. The molecule has 1 rings (SSSR count). The number of nitrogens with zero attached hydrogens (tertiary/aromatic N) is 1. The number of unbranched alkanes of at least 4 members (excludes halogenated alkanes) is 1. The second-order valence-electron chi connectivity index (χ2n) is 5.12. The summed E-state index contributed by atoms with van der Waals surface area (Å²) in [6.45, 7) is 1.72. The van der Waals surface area contributed by atoms with Crippen molar-refractivity contribution in [2.75, 3.05) is 25.9 Å². The Bertz CT molecular complexity index is 368. The largest absolute Gasteiger partial charge is 0.330 e. The zero-order valence-corrected chi connectivity index (χ0v) is 11.9. The molecule has 1 saturated heterocycles. The van der Waals surface area contributed by atoms with Crippen LogP contribution in [0.5, 0.6) is 0 Å². The van der Waals surface area contributed by atoms with E-state index in [4.69, 9.17) is 5.73 Å². The molecule has 5 nitrogen and oxygen atoms in total. The Labute approximate surface area is 110 Å². The number of rotatable bonds is 7. The molecule has 0 radical (unpaired) electrons. The van der Waals surface area contributed by atoms with Crippen LogP contribution in [0.3, 0.4) is 0 Å². The molecular weight excluding hydrogens is 252 g/mol. The standard InChI is InChI=1S/C12H24N2O3S/c1-18(16,17)14-8-4-5-11(10-14)9-12(15)6-2-3-7-13/h11H,2-10,13H2,1H3. The van der Waals surface area contributed by atoms with Crippen LogP contribution in [0, 0.1) is 5.92 Å². The van der Waals surface area contributed by atoms with Gasteiger partial charge in [-0.15, -0.1) is 0 Å². The Kier molecular flexibility index (Phi) is 6.25. The number of hydrogen-bond acceptors (Lipinski definition) is 4. The molecule has 0 saturated carbocycles. The molecule has 0 bridgehead atoms. The maximum Gasteiger partial charge on any atom is 0.211 e. The van der Waals surface area contributed by atoms with Crippen LogP contribution in [0.1, 0.15) is 38.5 Å². The summed E-state index contributed by atoms with van der Waals surface area (Å²) in [5, 5.41) is 0. The van der Waals surface area contributed by atoms with Crippen molar-refractivity contribution in [3.05, 3.63) is 0 Å². The van der Waals surface area contributed by atoms with E-state index in [1.807, 2.05) is 0 Å². The van der Waals surface area contributed by atoms with E-state index in [0.717, 1.165) is 25.7 Å². The molecule has 1 heterocycles. The summed E-state index contributed by atoms with van der Waals surface area (Å²) in [5.74, 6) is 0.433. The molecule has 0 aliphatic carbocycles. The number of piperidine rings is 1. The minimum Gasteiger partial charge on any atom is -0.330 e. The van der Waals surface area contributed by atoms with E-state index < -0.39 is 10.0 Å². The molecule has 1 fully saturated rings. The Balaban J connectivity index is 2.36. The predicted octanol–water partition coefficient (Wildman–Crippen LogP) is 0.746. The van der Waals surface area contributed by atoms with Gasteiger partial charge in [-0.05, 0) is 38.1 Å². The third kappa shape index (κ3) is 5.46. The van der Waals surface area contributed by atoms with Crippen molar-refractivity contribution in [1.82, 2.24) is 4.31 Å². The van der Waals surface area contributed by atoms with Gasteiger partial charge in [0.25, 0.3) is 0 Å². The molecule has 1 aliphatic heterocycles. The van der Waals surface area contributed by atoms with Gasteiger partial charge in [0, 0.05) is 25.9 Å². The molecule has 0 spiro atoms. The summed E-state index contributed by atoms with van der Waals surface area (Å²) < 4.78 is 24.4. The first kappa shape index (κ1) is 15.6. The Hall–Kier alpha value is -0.460. The number of sulfonamides is 1. The highest BCUT2D eigenvalue weighted by atomic mass is 32.2. The summed E-state index contributed by atoms with van der Waals surface area (Å²) in [7, 11) is -3.11. The van der Waals surface area contributed by atoms with E-state index >= 15 is 0 Å². The van der Waals surface area contributed by atoms with Crippen LogP contribution in [0.25, 0.3) is 0 Å². The normalized spacial score (nSPS) is 22.0. The predicted molar refractivity (Wildman–Crippen MR) is 71.7 cm³/mol. The van der Waals surface area contributed by atoms with Crippen LogP contribution >= 0.6 is 0 Å². The maximum absolute atomic E-state index is 11.7. The molecular formula is C12H24N2O3S. The molecule has 1 unspecified atom stereocenters. The summed E-state index contributed by atoms with van der Waals surface area (Å²) in [4.78, 5) is 11.7. The lowest BCUT2D eigenvalue weighted by atomic mass is 9.93. The topological polar surface area (TPSA) is 80.5 Å². The quantitative estimate of drug-likeness (QED) is 0.696. The summed E-state index contributed by atoms with van der Waals surface area (Å²) in [6.07, 6.45) is 5.85. The molecule has 2 N–H and O–H groups in total. The van der Waals surface area contributed by atoms with Gasteiger partial charge in [0.2, 0.25) is 10.0 Å². The highest BCUT2D eigenvalue weighted by molar-refractivity contribution is 7.88. The van der Waals surface area contributed by atoms with Gasteiger partial charge >= 0.3 is 0 Å². The molecule has 106 valence electrons. The Morgan fingerprint density at radius 3 is 2.72 bits per heavy atom. The van der Waals surface area contributed by atoms with Gasteiger partial charge in [0.05, 0.1) is 6.26 Å². The van der Waals surface area contributed by atoms with Gasteiger partial charge in [0.15, 0.2) is 0 Å². The average Bonchev–Trinajstić information content (AvgIpc) is 2.28. The fourth-order valence-corrected chi connectivity index (χ4v) is 3.33. The van der Waals surface area contributed by atoms with Crippen LogP contribution in [-0.4, -0.2) is 44.4 Å². The first-order valence-electron chi connectivity index (χ1n) is 6.60. The SMILES string of the molecule is CS(=O)(=O)N1CCCC(CC(=O)CCCCN)C1. The minimum atomic E-state index is -3.11. The number of ketones is 1. The Morgan fingerprint density at radius 2 is 2.11 bits per heavy atom. The zero-order chi connectivity index (χ0) is 13.6. The fourth-order valence-electron chi connectivity index (χ4n) is 2.39. The molecule has 0 aromatic rings. The van der Waals surface area contributed by atoms with E-state index in [-0.39, 0.29) is 11.7 Å². The highest BCUT2D eigenvalue weighted by Gasteiger charge is 2.26. The molecule has 1 atom stereocenters. The summed E-state index contributed by atoms with van der Waals surface area (Å²) in [5.41, 5.74) is 5.38. The maximum atomic E-state index is 11.7. The van der Waals surface area contributed by atoms with Gasteiger partial charge in [-0.2, -0.15) is 0 Å². The monoisotopic (exact) mass is 276 g/mol. The van der Waals surface area contributed by atoms with E-state index in [9.17, 15) is 13.2 Å². The minimum absolute atomic E-state index is 0.193. The smallest absolute Gasteiger partial charge is 0.211 e. The van der Waals surface area contributed by atoms with Crippen LogP contribution in [0.4, 0.5) is 0 Å². The second kappa shape index (κ2) is 7.21. The second-order valence-corrected chi connectivity index (χ2v) is 7.10. The molecule has 0 aromatic heterocycles. The summed E-state index contributed by atoms with van der Waals surface area (Å²) in [6, 6.07) is 0. The number of carbonyl (C=O) groups excluding carboxylic acids is 1. The van der Waals surface area contributed by atoms with Gasteiger partial charge in [0.1, 0.15) is 5.78 Å². The molecule has 0 aromatic carbocycles. The number of nitrogens with two attached hydrogens (primary N) is 1. The molecule has 1 aliphatic rings. The lowest BCUT2D eigenvalue weighted by Gasteiger charge is -2.30. The van der Waals surface area contributed by atoms with Crippen molar-refractivity contribution in [2.45, 2.75) is 38.5 Å². The van der Waals surface area contributed by atoms with Crippen molar-refractivity contribution in [3.8, 4) is 0 Å². The lowest BCUT2D eigenvalue weighted by Crippen LogP contribution is -2.39. The first-order chi connectivity index (χ1) is 8.43. The van der Waals surface area contributed by atoms with E-state index in [1.165, 1.54) is 10.6 Å². The van der Waals surface area contributed by atoms with Crippen molar-refractivity contribution in [1.29, 1.82) is 0 Å². The van der Waals surface area contributed by atoms with Gasteiger partial charge in [-0.25, -0.2) is 12.7 Å². The van der Waals surface area contributed by atoms with Crippen molar-refractivity contribution < 1.29 is 13.2 Å². The van der Waals surface area contributed by atoms with Crippen LogP contribution in [0.2, 0.25) is 0 Å². The third-order valence-corrected chi connectivity index (χ3v) is 4.65. The first-order valence-corrected chi connectivity index (χ1v) is 8.45. The number of carbonyl (C=O) groups is 1. The Morgan fingerprint density at radius 1 is 1.39 bits per heavy atom. The van der Waals surface area contributed by atoms with Gasteiger partial charge in [-0.1, -0.05) is 0 Å². The van der Waals surface area contributed by atoms with Crippen LogP contribution < -0.4 is 5.73 Å². The van der Waals surface area contributed by atoms with E-state index in [0.29, 0.717) is 32.5 Å². The van der Waals surface area contributed by atoms with E-state index in [1.54, 1.807) is 0 Å². The lowest BCUT2D eigenvalue weighted by molar-refractivity contribution is -0.120. The van der Waals surface area contributed by atoms with E-state index in [2.05, 4.69) is 0 Å². The molecule has 18 heavy (non-hydrogen) atoms. The van der Waals surface area contributed by atoms with Crippen LogP contribution in [0.15, 0.2) is 0 Å². The molecule has 0 amide bonds. The number of Topliss-reactive ketones (excluding diaryl/α,β-unsaturated/α-hetero) is 1. The fraction of sp³-hybridized carbons (Fsp3) is 0.917. The van der Waals surface area contributed by atoms with Gasteiger partial charge in [-0.3, -0.25) is 4.79 Å². The van der Waals surface area contributed by atoms with Gasteiger partial charge < -0.3 is 5.73 Å². The number of hydrogen-bond donors (Lipinski definition) is 1. The van der Waals surface area contributed by atoms with Crippen molar-refractivity contribution in [3.63, 3.8) is 0 Å². The van der Waals surface area contributed by atoms with Crippen LogP contribution in [-0.2, 0) is 14.8 Å². The third-order valence-electron chi connectivity index (χ3n) is 3.38. The zero-order valence-electron chi connectivity index (χ0n) is 11.1.